The van der Waals surface area contributed by atoms with Crippen LogP contribution in [0.15, 0.2) is 6.07 Å². The Morgan fingerprint density at radius 3 is 2.35 bits per heavy atom. The van der Waals surface area contributed by atoms with Crippen molar-refractivity contribution in [1.82, 2.24) is 0 Å². The van der Waals surface area contributed by atoms with Gasteiger partial charge < -0.3 is 5.11 Å². The largest absolute Gasteiger partial charge is 0.481 e. The zero-order chi connectivity index (χ0) is 14.8. The van der Waals surface area contributed by atoms with Crippen LogP contribution in [0, 0.1) is 19.3 Å². The molecular weight excluding hydrogens is 272 g/mol. The van der Waals surface area contributed by atoms with Crippen LogP contribution in [0.5, 0.6) is 0 Å². The Labute approximate surface area is 124 Å². The second-order valence-electron chi connectivity index (χ2n) is 6.10. The van der Waals surface area contributed by atoms with Crippen molar-refractivity contribution in [3.8, 4) is 0 Å². The summed E-state index contributed by atoms with van der Waals surface area (Å²) < 4.78 is 0. The number of ketones is 1. The van der Waals surface area contributed by atoms with E-state index in [-0.39, 0.29) is 17.6 Å². The molecule has 3 nitrogen and oxygen atoms in total. The Morgan fingerprint density at radius 2 is 1.85 bits per heavy atom. The number of carbonyl (C=O) groups excluding carboxylic acids is 1. The zero-order valence-corrected chi connectivity index (χ0v) is 13.0. The molecule has 0 unspecified atom stereocenters. The first-order valence-electron chi connectivity index (χ1n) is 7.24. The molecule has 1 aliphatic carbocycles. The highest BCUT2D eigenvalue weighted by Gasteiger charge is 2.37. The van der Waals surface area contributed by atoms with Crippen LogP contribution in [-0.2, 0) is 4.79 Å². The van der Waals surface area contributed by atoms with E-state index in [9.17, 15) is 9.59 Å². The average Bonchev–Trinajstić information content (AvgIpc) is 2.68. The van der Waals surface area contributed by atoms with Crippen LogP contribution in [0.4, 0.5) is 0 Å². The number of aryl methyl sites for hydroxylation is 2. The monoisotopic (exact) mass is 294 g/mol. The summed E-state index contributed by atoms with van der Waals surface area (Å²) in [5.41, 5.74) is 0.713. The minimum atomic E-state index is -0.779. The van der Waals surface area contributed by atoms with Crippen molar-refractivity contribution < 1.29 is 14.7 Å². The lowest BCUT2D eigenvalue weighted by atomic mass is 9.68. The summed E-state index contributed by atoms with van der Waals surface area (Å²) in [7, 11) is 0. The van der Waals surface area contributed by atoms with Gasteiger partial charge in [0, 0.05) is 11.3 Å². The molecule has 1 N–H and O–H groups in total. The molecule has 1 heterocycles. The Hall–Kier alpha value is -1.16. The molecule has 1 aromatic heterocycles. The van der Waals surface area contributed by atoms with Gasteiger partial charge in [-0.3, -0.25) is 9.59 Å². The first kappa shape index (κ1) is 15.2. The molecule has 0 amide bonds. The lowest BCUT2D eigenvalue weighted by Gasteiger charge is -2.35. The summed E-state index contributed by atoms with van der Waals surface area (Å²) in [5, 5.41) is 9.16. The molecule has 2 rings (SSSR count). The van der Waals surface area contributed by atoms with Crippen molar-refractivity contribution in [1.29, 1.82) is 0 Å². The van der Waals surface area contributed by atoms with E-state index in [1.165, 1.54) is 11.3 Å². The van der Waals surface area contributed by atoms with Gasteiger partial charge in [-0.2, -0.15) is 0 Å². The van der Waals surface area contributed by atoms with Gasteiger partial charge in [0.05, 0.1) is 11.3 Å². The van der Waals surface area contributed by atoms with Crippen molar-refractivity contribution in [2.24, 2.45) is 5.41 Å². The van der Waals surface area contributed by atoms with Crippen molar-refractivity contribution in [2.45, 2.75) is 58.8 Å². The topological polar surface area (TPSA) is 54.4 Å². The van der Waals surface area contributed by atoms with Crippen LogP contribution in [0.1, 0.15) is 65.1 Å². The lowest BCUT2D eigenvalue weighted by Crippen LogP contribution is -2.30. The fraction of sp³-hybridized carbons (Fsp3) is 0.625. The Morgan fingerprint density at radius 1 is 1.20 bits per heavy atom. The molecule has 20 heavy (non-hydrogen) atoms. The number of Topliss-reactive ketones (excluding diaryl/α,β-unsaturated/α-hetero) is 1. The van der Waals surface area contributed by atoms with Gasteiger partial charge in [-0.25, -0.2) is 0 Å². The van der Waals surface area contributed by atoms with E-state index in [1.807, 2.05) is 19.9 Å². The van der Waals surface area contributed by atoms with E-state index in [4.69, 9.17) is 5.11 Å². The van der Waals surface area contributed by atoms with Gasteiger partial charge in [-0.05, 0) is 43.7 Å². The third-order valence-electron chi connectivity index (χ3n) is 4.27. The predicted molar refractivity (Wildman–Crippen MR) is 80.5 cm³/mol. The maximum atomic E-state index is 12.6. The van der Waals surface area contributed by atoms with Crippen LogP contribution < -0.4 is 0 Å². The van der Waals surface area contributed by atoms with Crippen molar-refractivity contribution in [2.75, 3.05) is 0 Å². The first-order chi connectivity index (χ1) is 9.42. The number of carboxylic acid groups (broad SMARTS) is 1. The standard InChI is InChI=1S/C16H22O3S/c1-11-8-12(2)20-15(11)13(17)9-16(10-14(18)19)6-4-3-5-7-16/h8H,3-7,9-10H2,1-2H3,(H,18,19). The van der Waals surface area contributed by atoms with E-state index in [0.29, 0.717) is 6.42 Å². The average molecular weight is 294 g/mol. The van der Waals surface area contributed by atoms with Gasteiger partial charge in [-0.15, -0.1) is 11.3 Å². The first-order valence-corrected chi connectivity index (χ1v) is 8.06. The van der Waals surface area contributed by atoms with E-state index in [0.717, 1.165) is 47.4 Å². The molecular formula is C16H22O3S. The van der Waals surface area contributed by atoms with E-state index in [2.05, 4.69) is 0 Å². The van der Waals surface area contributed by atoms with Crippen molar-refractivity contribution in [3.05, 3.63) is 21.4 Å². The summed E-state index contributed by atoms with van der Waals surface area (Å²) in [5.74, 6) is -0.650. The summed E-state index contributed by atoms with van der Waals surface area (Å²) in [6.45, 7) is 3.96. The number of hydrogen-bond donors (Lipinski definition) is 1. The molecule has 0 saturated heterocycles. The Kier molecular flexibility index (Phi) is 4.63. The molecule has 110 valence electrons. The summed E-state index contributed by atoms with van der Waals surface area (Å²) in [6, 6.07) is 2.03. The lowest BCUT2D eigenvalue weighted by molar-refractivity contribution is -0.140. The molecule has 1 aliphatic rings. The minimum Gasteiger partial charge on any atom is -0.481 e. The third-order valence-corrected chi connectivity index (χ3v) is 5.46. The van der Waals surface area contributed by atoms with Gasteiger partial charge in [0.25, 0.3) is 0 Å². The summed E-state index contributed by atoms with van der Waals surface area (Å²) >= 11 is 1.53. The minimum absolute atomic E-state index is 0.127. The molecule has 0 atom stereocenters. The van der Waals surface area contributed by atoms with Gasteiger partial charge >= 0.3 is 5.97 Å². The van der Waals surface area contributed by atoms with Crippen LogP contribution in [0.3, 0.4) is 0 Å². The van der Waals surface area contributed by atoms with Gasteiger partial charge in [0.15, 0.2) is 5.78 Å². The fourth-order valence-electron chi connectivity index (χ4n) is 3.38. The molecule has 4 heteroatoms. The zero-order valence-electron chi connectivity index (χ0n) is 12.2. The highest BCUT2D eigenvalue weighted by Crippen LogP contribution is 2.43. The number of thiophene rings is 1. The fourth-order valence-corrected chi connectivity index (χ4v) is 4.34. The normalized spacial score (nSPS) is 17.9. The van der Waals surface area contributed by atoms with E-state index in [1.54, 1.807) is 0 Å². The second-order valence-corrected chi connectivity index (χ2v) is 7.36. The van der Waals surface area contributed by atoms with Gasteiger partial charge in [0.1, 0.15) is 0 Å². The van der Waals surface area contributed by atoms with Crippen molar-refractivity contribution in [3.63, 3.8) is 0 Å². The number of carboxylic acids is 1. The highest BCUT2D eigenvalue weighted by molar-refractivity contribution is 7.14. The maximum Gasteiger partial charge on any atom is 0.303 e. The van der Waals surface area contributed by atoms with Crippen LogP contribution >= 0.6 is 11.3 Å². The van der Waals surface area contributed by atoms with Crippen molar-refractivity contribution >= 4 is 23.1 Å². The molecule has 1 aromatic rings. The Bertz CT molecular complexity index is 510. The molecule has 1 saturated carbocycles. The molecule has 0 bridgehead atoms. The number of hydrogen-bond acceptors (Lipinski definition) is 3. The molecule has 0 spiro atoms. The van der Waals surface area contributed by atoms with Crippen LogP contribution in [-0.4, -0.2) is 16.9 Å². The smallest absolute Gasteiger partial charge is 0.303 e. The van der Waals surface area contributed by atoms with Crippen LogP contribution in [0.2, 0.25) is 0 Å². The highest BCUT2D eigenvalue weighted by atomic mass is 32.1. The number of aliphatic carboxylic acids is 1. The van der Waals surface area contributed by atoms with Crippen LogP contribution in [0.25, 0.3) is 0 Å². The summed E-state index contributed by atoms with van der Waals surface area (Å²) in [4.78, 5) is 25.7. The number of rotatable bonds is 5. The quantitative estimate of drug-likeness (QED) is 0.821. The third kappa shape index (κ3) is 3.48. The number of carbonyl (C=O) groups is 2. The second kappa shape index (κ2) is 6.08. The SMILES string of the molecule is Cc1cc(C)c(C(=O)CC2(CC(=O)O)CCCCC2)s1. The van der Waals surface area contributed by atoms with E-state index < -0.39 is 5.97 Å². The Balaban J connectivity index is 2.17. The van der Waals surface area contributed by atoms with Gasteiger partial charge in [0.2, 0.25) is 0 Å². The molecule has 0 aliphatic heterocycles. The molecule has 1 fully saturated rings. The van der Waals surface area contributed by atoms with E-state index >= 15 is 0 Å². The van der Waals surface area contributed by atoms with Gasteiger partial charge in [-0.1, -0.05) is 19.3 Å². The predicted octanol–water partition coefficient (Wildman–Crippen LogP) is 4.36. The maximum absolute atomic E-state index is 12.6. The molecule has 0 aromatic carbocycles. The summed E-state index contributed by atoms with van der Waals surface area (Å²) in [6.07, 6.45) is 5.50. The molecule has 0 radical (unpaired) electrons.